The van der Waals surface area contributed by atoms with Gasteiger partial charge >= 0.3 is 0 Å². The van der Waals surface area contributed by atoms with Crippen molar-refractivity contribution in [2.75, 3.05) is 19.7 Å². The van der Waals surface area contributed by atoms with E-state index >= 15 is 0 Å². The van der Waals surface area contributed by atoms with Crippen molar-refractivity contribution in [1.82, 2.24) is 0 Å². The number of hydrogen-bond acceptors (Lipinski definition) is 3. The smallest absolute Gasteiger partial charge is 0.177 e. The normalized spacial score (nSPS) is 11.0. The molecule has 0 aromatic rings. The van der Waals surface area contributed by atoms with Crippen LogP contribution >= 0.6 is 0 Å². The summed E-state index contributed by atoms with van der Waals surface area (Å²) in [7, 11) is -0.929. The Labute approximate surface area is 77.2 Å². The summed E-state index contributed by atoms with van der Waals surface area (Å²) < 4.78 is 5.67. The summed E-state index contributed by atoms with van der Waals surface area (Å²) in [6, 6.07) is 2.43. The molecule has 0 rings (SSSR count). The van der Waals surface area contributed by atoms with Gasteiger partial charge < -0.3 is 15.9 Å². The van der Waals surface area contributed by atoms with Gasteiger partial charge in [0.15, 0.2) is 9.04 Å². The summed E-state index contributed by atoms with van der Waals surface area (Å²) in [6.45, 7) is 4.50. The van der Waals surface area contributed by atoms with Crippen LogP contribution in [0.3, 0.4) is 0 Å². The van der Waals surface area contributed by atoms with E-state index in [2.05, 4.69) is 6.92 Å². The van der Waals surface area contributed by atoms with Crippen molar-refractivity contribution in [2.45, 2.75) is 31.9 Å². The van der Waals surface area contributed by atoms with E-state index in [1.165, 1.54) is 12.1 Å². The zero-order valence-corrected chi connectivity index (χ0v) is 9.24. The van der Waals surface area contributed by atoms with Gasteiger partial charge in [-0.1, -0.05) is 0 Å². The third-order valence-electron chi connectivity index (χ3n) is 1.86. The lowest BCUT2D eigenvalue weighted by Gasteiger charge is -2.13. The zero-order chi connectivity index (χ0) is 9.23. The van der Waals surface area contributed by atoms with Crippen molar-refractivity contribution >= 4 is 9.04 Å². The van der Waals surface area contributed by atoms with E-state index in [0.29, 0.717) is 0 Å². The quantitative estimate of drug-likeness (QED) is 0.546. The van der Waals surface area contributed by atoms with Crippen molar-refractivity contribution in [2.24, 2.45) is 11.5 Å². The molecule has 0 bridgehead atoms. The van der Waals surface area contributed by atoms with E-state index in [9.17, 15) is 0 Å². The van der Waals surface area contributed by atoms with Gasteiger partial charge in [-0.3, -0.25) is 0 Å². The molecule has 0 fully saturated rings. The molecule has 0 atom stereocenters. The molecule has 0 aromatic carbocycles. The predicted octanol–water partition coefficient (Wildman–Crippen LogP) is 0.444. The maximum absolute atomic E-state index is 5.67. The first-order valence-corrected chi connectivity index (χ1v) is 6.97. The van der Waals surface area contributed by atoms with Gasteiger partial charge in [0.2, 0.25) is 0 Å². The molecule has 4 heteroatoms. The van der Waals surface area contributed by atoms with Crippen LogP contribution in [-0.2, 0) is 4.43 Å². The van der Waals surface area contributed by atoms with Crippen LogP contribution in [-0.4, -0.2) is 28.7 Å². The second-order valence-corrected chi connectivity index (χ2v) is 5.67. The summed E-state index contributed by atoms with van der Waals surface area (Å²) >= 11 is 0. The van der Waals surface area contributed by atoms with Crippen LogP contribution in [0, 0.1) is 0 Å². The molecule has 74 valence electrons. The second-order valence-electron chi connectivity index (χ2n) is 2.94. The van der Waals surface area contributed by atoms with Gasteiger partial charge in [0, 0.05) is 6.61 Å². The summed E-state index contributed by atoms with van der Waals surface area (Å²) in [5, 5.41) is 0. The highest BCUT2D eigenvalue weighted by atomic mass is 28.3. The van der Waals surface area contributed by atoms with Crippen LogP contribution in [0.5, 0.6) is 0 Å². The molecule has 0 aliphatic rings. The van der Waals surface area contributed by atoms with Crippen molar-refractivity contribution < 1.29 is 4.43 Å². The van der Waals surface area contributed by atoms with E-state index in [4.69, 9.17) is 15.9 Å². The molecular weight excluding hydrogens is 168 g/mol. The Kier molecular flexibility index (Phi) is 9.26. The van der Waals surface area contributed by atoms with Crippen molar-refractivity contribution in [3.63, 3.8) is 0 Å². The molecular formula is C8H22N2OSi. The molecule has 0 heterocycles. The van der Waals surface area contributed by atoms with Gasteiger partial charge in [0.05, 0.1) is 0 Å². The molecule has 0 saturated heterocycles. The number of nitrogens with two attached hydrogens (primary N) is 2. The minimum atomic E-state index is -0.929. The summed E-state index contributed by atoms with van der Waals surface area (Å²) in [6.07, 6.45) is 2.23. The Morgan fingerprint density at radius 3 is 1.92 bits per heavy atom. The fourth-order valence-electron chi connectivity index (χ4n) is 1.24. The highest BCUT2D eigenvalue weighted by Crippen LogP contribution is 2.06. The SMILES string of the molecule is CCO[SiH](CCCN)CCCN. The average molecular weight is 190 g/mol. The molecule has 0 spiro atoms. The molecule has 12 heavy (non-hydrogen) atoms. The highest BCUT2D eigenvalue weighted by molar-refractivity contribution is 6.51. The van der Waals surface area contributed by atoms with Crippen LogP contribution in [0.2, 0.25) is 12.1 Å². The van der Waals surface area contributed by atoms with E-state index in [0.717, 1.165) is 32.5 Å². The predicted molar refractivity (Wildman–Crippen MR) is 55.7 cm³/mol. The third-order valence-corrected chi connectivity index (χ3v) is 4.77. The standard InChI is InChI=1S/C8H22N2OSi/c1-2-11-12(7-3-5-9)8-4-6-10/h12H,2-10H2,1H3. The molecule has 0 saturated carbocycles. The molecule has 0 unspecified atom stereocenters. The Bertz CT molecular complexity index is 85.1. The van der Waals surface area contributed by atoms with E-state index in [-0.39, 0.29) is 0 Å². The Balaban J connectivity index is 3.40. The Hall–Kier alpha value is 0.0969. The second kappa shape index (κ2) is 9.19. The van der Waals surface area contributed by atoms with E-state index < -0.39 is 9.04 Å². The average Bonchev–Trinajstić information content (AvgIpc) is 2.10. The van der Waals surface area contributed by atoms with Gasteiger partial charge in [-0.25, -0.2) is 0 Å². The van der Waals surface area contributed by atoms with Gasteiger partial charge in [-0.15, -0.1) is 0 Å². The lowest BCUT2D eigenvalue weighted by atomic mass is 10.5. The largest absolute Gasteiger partial charge is 0.420 e. The molecule has 0 aromatic heterocycles. The maximum atomic E-state index is 5.67. The van der Waals surface area contributed by atoms with Gasteiger partial charge in [-0.2, -0.15) is 0 Å². The first kappa shape index (κ1) is 12.1. The van der Waals surface area contributed by atoms with Crippen LogP contribution in [0.15, 0.2) is 0 Å². The van der Waals surface area contributed by atoms with Crippen LogP contribution < -0.4 is 11.5 Å². The minimum absolute atomic E-state index is 0.791. The number of hydrogen-bond donors (Lipinski definition) is 2. The lowest BCUT2D eigenvalue weighted by Crippen LogP contribution is -2.20. The first-order chi connectivity index (χ1) is 5.85. The molecule has 0 aliphatic carbocycles. The molecule has 0 amide bonds. The van der Waals surface area contributed by atoms with Crippen LogP contribution in [0.1, 0.15) is 19.8 Å². The van der Waals surface area contributed by atoms with Crippen LogP contribution in [0.25, 0.3) is 0 Å². The van der Waals surface area contributed by atoms with Crippen molar-refractivity contribution in [3.05, 3.63) is 0 Å². The highest BCUT2D eigenvalue weighted by Gasteiger charge is 2.09. The van der Waals surface area contributed by atoms with Crippen molar-refractivity contribution in [3.8, 4) is 0 Å². The maximum Gasteiger partial charge on any atom is 0.177 e. The topological polar surface area (TPSA) is 61.3 Å². The van der Waals surface area contributed by atoms with Crippen molar-refractivity contribution in [1.29, 1.82) is 0 Å². The lowest BCUT2D eigenvalue weighted by molar-refractivity contribution is 0.339. The van der Waals surface area contributed by atoms with Gasteiger partial charge in [0.25, 0.3) is 0 Å². The molecule has 0 radical (unpaired) electrons. The van der Waals surface area contributed by atoms with Crippen LogP contribution in [0.4, 0.5) is 0 Å². The first-order valence-electron chi connectivity index (χ1n) is 4.86. The molecule has 4 N–H and O–H groups in total. The third kappa shape index (κ3) is 6.79. The zero-order valence-electron chi connectivity index (χ0n) is 8.09. The molecule has 3 nitrogen and oxygen atoms in total. The molecule has 0 aliphatic heterocycles. The summed E-state index contributed by atoms with van der Waals surface area (Å²) in [4.78, 5) is 0. The minimum Gasteiger partial charge on any atom is -0.420 e. The Morgan fingerprint density at radius 1 is 1.08 bits per heavy atom. The summed E-state index contributed by atoms with van der Waals surface area (Å²) in [5.74, 6) is 0. The van der Waals surface area contributed by atoms with Gasteiger partial charge in [0.1, 0.15) is 0 Å². The summed E-state index contributed by atoms with van der Waals surface area (Å²) in [5.41, 5.74) is 10.9. The van der Waals surface area contributed by atoms with Gasteiger partial charge in [-0.05, 0) is 44.9 Å². The van der Waals surface area contributed by atoms with E-state index in [1.807, 2.05) is 0 Å². The number of rotatable bonds is 8. The Morgan fingerprint density at radius 2 is 1.58 bits per heavy atom. The fourth-order valence-corrected chi connectivity index (χ4v) is 3.71. The fraction of sp³-hybridized carbons (Fsp3) is 1.00. The van der Waals surface area contributed by atoms with E-state index in [1.54, 1.807) is 0 Å². The monoisotopic (exact) mass is 190 g/mol.